The molecule has 1 atom stereocenters. The normalized spacial score (nSPS) is 11.9. The summed E-state index contributed by atoms with van der Waals surface area (Å²) in [5, 5.41) is 0. The predicted octanol–water partition coefficient (Wildman–Crippen LogP) is 2.97. The average molecular weight is 262 g/mol. The van der Waals surface area contributed by atoms with Crippen molar-refractivity contribution in [2.45, 2.75) is 6.92 Å². The molecule has 2 rings (SSSR count). The molecule has 0 aliphatic rings. The molecule has 1 unspecified atom stereocenters. The zero-order valence-corrected chi connectivity index (χ0v) is 10.7. The Balaban J connectivity index is 2.24. The molecule has 0 saturated carbocycles. The van der Waals surface area contributed by atoms with E-state index in [4.69, 9.17) is 0 Å². The van der Waals surface area contributed by atoms with E-state index in [0.29, 0.717) is 5.69 Å². The largest absolute Gasteiger partial charge is 0.288 e. The summed E-state index contributed by atoms with van der Waals surface area (Å²) in [6.07, 6.45) is 0. The maximum atomic E-state index is 11.4. The number of hydrogen-bond donors (Lipinski definition) is 2. The molecule has 0 heterocycles. The van der Waals surface area contributed by atoms with Gasteiger partial charge in [0.1, 0.15) is 0 Å². The van der Waals surface area contributed by atoms with E-state index in [1.807, 2.05) is 49.4 Å². The molecule has 2 aromatic carbocycles. The topological polar surface area (TPSA) is 52.6 Å². The third kappa shape index (κ3) is 3.09. The second-order valence-electron chi connectivity index (χ2n) is 3.84. The van der Waals surface area contributed by atoms with Crippen LogP contribution in [0, 0.1) is 6.92 Å². The number of aryl methyl sites for hydroxylation is 1. The summed E-state index contributed by atoms with van der Waals surface area (Å²) in [7, 11) is 0. The first kappa shape index (κ1) is 12.6. The summed E-state index contributed by atoms with van der Waals surface area (Å²) in [4.78, 5) is 0. The number of nitrogens with one attached hydrogen (secondary N) is 1. The van der Waals surface area contributed by atoms with Gasteiger partial charge in [0.05, 0.1) is 11.4 Å². The first-order valence-corrected chi connectivity index (χ1v) is 6.52. The number of rotatable bonds is 4. The summed E-state index contributed by atoms with van der Waals surface area (Å²) in [6.45, 7) is 1.97. The van der Waals surface area contributed by atoms with Gasteiger partial charge in [-0.1, -0.05) is 35.9 Å². The summed E-state index contributed by atoms with van der Waals surface area (Å²) < 4.78 is 21.9. The van der Waals surface area contributed by atoms with E-state index in [1.54, 1.807) is 12.1 Å². The highest BCUT2D eigenvalue weighted by atomic mass is 32.2. The van der Waals surface area contributed by atoms with E-state index < -0.39 is 11.3 Å². The van der Waals surface area contributed by atoms with Crippen LogP contribution in [0.15, 0.2) is 54.6 Å². The van der Waals surface area contributed by atoms with Crippen molar-refractivity contribution in [2.75, 3.05) is 9.84 Å². The van der Waals surface area contributed by atoms with Gasteiger partial charge in [0, 0.05) is 0 Å². The van der Waals surface area contributed by atoms with Crippen molar-refractivity contribution < 1.29 is 8.76 Å². The molecular weight excluding hydrogens is 248 g/mol. The fourth-order valence-electron chi connectivity index (χ4n) is 1.50. The van der Waals surface area contributed by atoms with Crippen molar-refractivity contribution >= 4 is 22.6 Å². The van der Waals surface area contributed by atoms with E-state index in [9.17, 15) is 8.76 Å². The number of benzene rings is 2. The standard InChI is InChI=1S/C13H14N2O2S/c1-11-7-9-13(10-8-11)15(18(16)17)14-12-5-3-2-4-6-12/h2-10,14H,1H3,(H,16,17). The van der Waals surface area contributed by atoms with Crippen molar-refractivity contribution in [3.05, 3.63) is 60.2 Å². The van der Waals surface area contributed by atoms with Crippen molar-refractivity contribution in [3.63, 3.8) is 0 Å². The van der Waals surface area contributed by atoms with Crippen molar-refractivity contribution in [1.82, 2.24) is 0 Å². The predicted molar refractivity (Wildman–Crippen MR) is 74.5 cm³/mol. The lowest BCUT2D eigenvalue weighted by Crippen LogP contribution is -2.31. The summed E-state index contributed by atoms with van der Waals surface area (Å²) in [6, 6.07) is 16.6. The van der Waals surface area contributed by atoms with Gasteiger partial charge in [-0.2, -0.15) is 4.41 Å². The highest BCUT2D eigenvalue weighted by molar-refractivity contribution is 7.80. The minimum absolute atomic E-state index is 0.630. The zero-order valence-electron chi connectivity index (χ0n) is 9.91. The molecule has 0 amide bonds. The minimum atomic E-state index is -2.14. The summed E-state index contributed by atoms with van der Waals surface area (Å²) >= 11 is -2.14. The molecule has 2 aromatic rings. The SMILES string of the molecule is Cc1ccc(N(Nc2ccccc2)S(=O)O)cc1. The van der Waals surface area contributed by atoms with Crippen LogP contribution < -0.4 is 9.84 Å². The Hall–Kier alpha value is -1.85. The molecule has 0 aliphatic carbocycles. The molecule has 0 spiro atoms. The quantitative estimate of drug-likeness (QED) is 0.658. The van der Waals surface area contributed by atoms with Crippen molar-refractivity contribution in [3.8, 4) is 0 Å². The van der Waals surface area contributed by atoms with Crippen LogP contribution in [0.4, 0.5) is 11.4 Å². The Morgan fingerprint density at radius 2 is 1.67 bits per heavy atom. The third-order valence-electron chi connectivity index (χ3n) is 2.43. The molecule has 0 aliphatic heterocycles. The van der Waals surface area contributed by atoms with Gasteiger partial charge in [-0.3, -0.25) is 9.98 Å². The maximum absolute atomic E-state index is 11.4. The van der Waals surface area contributed by atoms with Gasteiger partial charge in [-0.25, -0.2) is 4.21 Å². The van der Waals surface area contributed by atoms with Gasteiger partial charge in [-0.15, -0.1) is 0 Å². The Labute approximate surface area is 109 Å². The molecular formula is C13H14N2O2S. The second kappa shape index (κ2) is 5.66. The van der Waals surface area contributed by atoms with Gasteiger partial charge in [0.25, 0.3) is 11.3 Å². The Morgan fingerprint density at radius 1 is 1.06 bits per heavy atom. The van der Waals surface area contributed by atoms with Crippen LogP contribution >= 0.6 is 0 Å². The molecule has 0 bridgehead atoms. The van der Waals surface area contributed by atoms with Crippen LogP contribution in [0.3, 0.4) is 0 Å². The van der Waals surface area contributed by atoms with Crippen molar-refractivity contribution in [2.24, 2.45) is 0 Å². The molecule has 4 nitrogen and oxygen atoms in total. The number of hydrazine groups is 1. The fraction of sp³-hybridized carbons (Fsp3) is 0.0769. The monoisotopic (exact) mass is 262 g/mol. The molecule has 0 saturated heterocycles. The second-order valence-corrected chi connectivity index (χ2v) is 4.67. The van der Waals surface area contributed by atoms with Crippen molar-refractivity contribution in [1.29, 1.82) is 0 Å². The van der Waals surface area contributed by atoms with Gasteiger partial charge >= 0.3 is 0 Å². The van der Waals surface area contributed by atoms with Crippen LogP contribution in [0.2, 0.25) is 0 Å². The smallest absolute Gasteiger partial charge is 0.281 e. The number of anilines is 2. The van der Waals surface area contributed by atoms with E-state index in [1.165, 1.54) is 4.41 Å². The lowest BCUT2D eigenvalue weighted by atomic mass is 10.2. The molecule has 2 N–H and O–H groups in total. The Kier molecular flexibility index (Phi) is 3.96. The molecule has 0 fully saturated rings. The van der Waals surface area contributed by atoms with Gasteiger partial charge < -0.3 is 0 Å². The number of para-hydroxylation sites is 1. The van der Waals surface area contributed by atoms with Gasteiger partial charge in [-0.05, 0) is 31.2 Å². The highest BCUT2D eigenvalue weighted by Gasteiger charge is 2.11. The van der Waals surface area contributed by atoms with Gasteiger partial charge in [0.15, 0.2) is 0 Å². The zero-order chi connectivity index (χ0) is 13.0. The fourth-order valence-corrected chi connectivity index (χ4v) is 1.99. The summed E-state index contributed by atoms with van der Waals surface area (Å²) in [5.74, 6) is 0. The van der Waals surface area contributed by atoms with Crippen LogP contribution in [0.5, 0.6) is 0 Å². The molecule has 94 valence electrons. The minimum Gasteiger partial charge on any atom is -0.288 e. The van der Waals surface area contributed by atoms with Crippen LogP contribution in [-0.2, 0) is 11.3 Å². The highest BCUT2D eigenvalue weighted by Crippen LogP contribution is 2.18. The Morgan fingerprint density at radius 3 is 2.22 bits per heavy atom. The van der Waals surface area contributed by atoms with E-state index in [-0.39, 0.29) is 0 Å². The third-order valence-corrected chi connectivity index (χ3v) is 3.04. The molecule has 0 radical (unpaired) electrons. The average Bonchev–Trinajstić information content (AvgIpc) is 2.38. The molecule has 18 heavy (non-hydrogen) atoms. The van der Waals surface area contributed by atoms with E-state index in [2.05, 4.69) is 5.43 Å². The number of hydrogen-bond acceptors (Lipinski definition) is 2. The maximum Gasteiger partial charge on any atom is 0.281 e. The van der Waals surface area contributed by atoms with Gasteiger partial charge in [0.2, 0.25) is 0 Å². The van der Waals surface area contributed by atoms with Crippen LogP contribution in [-0.4, -0.2) is 8.76 Å². The number of nitrogens with zero attached hydrogens (tertiary/aromatic N) is 1. The Bertz CT molecular complexity index is 528. The van der Waals surface area contributed by atoms with Crippen LogP contribution in [0.1, 0.15) is 5.56 Å². The first-order chi connectivity index (χ1) is 8.66. The van der Waals surface area contributed by atoms with Crippen LogP contribution in [0.25, 0.3) is 0 Å². The van der Waals surface area contributed by atoms with E-state index >= 15 is 0 Å². The lowest BCUT2D eigenvalue weighted by molar-refractivity contribution is 0.562. The van der Waals surface area contributed by atoms with E-state index in [0.717, 1.165) is 11.3 Å². The first-order valence-electron chi connectivity index (χ1n) is 5.46. The lowest BCUT2D eigenvalue weighted by Gasteiger charge is -2.21. The molecule has 5 heteroatoms. The molecule has 0 aromatic heterocycles. The summed E-state index contributed by atoms with van der Waals surface area (Å²) in [5.41, 5.74) is 5.38.